The first kappa shape index (κ1) is 18.0. The Morgan fingerprint density at radius 3 is 2.41 bits per heavy atom. The third-order valence-corrected chi connectivity index (χ3v) is 5.13. The van der Waals surface area contributed by atoms with Gasteiger partial charge < -0.3 is 19.7 Å². The molecule has 2 unspecified atom stereocenters. The van der Waals surface area contributed by atoms with Gasteiger partial charge in [0, 0.05) is 32.1 Å². The summed E-state index contributed by atoms with van der Waals surface area (Å²) in [5.74, 6) is -1.68. The van der Waals surface area contributed by atoms with E-state index in [1.165, 1.54) is 11.8 Å². The van der Waals surface area contributed by atoms with Crippen molar-refractivity contribution in [3.63, 3.8) is 0 Å². The first-order valence-electron chi connectivity index (χ1n) is 9.02. The van der Waals surface area contributed by atoms with Crippen LogP contribution in [-0.2, 0) is 14.3 Å². The zero-order valence-corrected chi connectivity index (χ0v) is 14.9. The highest BCUT2D eigenvalue weighted by Crippen LogP contribution is 2.35. The number of benzene rings is 1. The second-order valence-corrected chi connectivity index (χ2v) is 7.17. The highest BCUT2D eigenvalue weighted by Gasteiger charge is 2.37. The van der Waals surface area contributed by atoms with Gasteiger partial charge >= 0.3 is 6.09 Å². The van der Waals surface area contributed by atoms with Gasteiger partial charge in [-0.2, -0.15) is 0 Å². The number of cyclic esters (lactones) is 1. The summed E-state index contributed by atoms with van der Waals surface area (Å²) in [4.78, 5) is 25.9. The van der Waals surface area contributed by atoms with E-state index < -0.39 is 23.8 Å². The number of rotatable bonds is 4. The van der Waals surface area contributed by atoms with Crippen LogP contribution < -0.4 is 15.1 Å². The summed E-state index contributed by atoms with van der Waals surface area (Å²) in [6, 6.07) is 2.30. The Kier molecular flexibility index (Phi) is 4.63. The van der Waals surface area contributed by atoms with E-state index in [-0.39, 0.29) is 42.6 Å². The van der Waals surface area contributed by atoms with Crippen molar-refractivity contribution in [2.45, 2.75) is 38.1 Å². The molecule has 27 heavy (non-hydrogen) atoms. The highest BCUT2D eigenvalue weighted by molar-refractivity contribution is 5.90. The van der Waals surface area contributed by atoms with Gasteiger partial charge in [0.2, 0.25) is 5.91 Å². The van der Waals surface area contributed by atoms with Crippen LogP contribution >= 0.6 is 0 Å². The number of halogens is 2. The maximum Gasteiger partial charge on any atom is 0.414 e. The minimum Gasteiger partial charge on any atom is -0.442 e. The summed E-state index contributed by atoms with van der Waals surface area (Å²) >= 11 is 0. The molecule has 3 aliphatic rings. The van der Waals surface area contributed by atoms with Crippen molar-refractivity contribution in [3.05, 3.63) is 23.8 Å². The van der Waals surface area contributed by atoms with E-state index in [2.05, 4.69) is 5.32 Å². The number of hydrogen-bond acceptors (Lipinski definition) is 5. The molecule has 0 saturated carbocycles. The molecule has 3 atom stereocenters. The zero-order valence-electron chi connectivity index (χ0n) is 14.9. The molecule has 1 aromatic rings. The van der Waals surface area contributed by atoms with Crippen molar-refractivity contribution in [1.82, 2.24) is 5.32 Å². The molecule has 3 aliphatic heterocycles. The van der Waals surface area contributed by atoms with Gasteiger partial charge in [-0.3, -0.25) is 9.69 Å². The monoisotopic (exact) mass is 381 g/mol. The van der Waals surface area contributed by atoms with Gasteiger partial charge in [-0.15, -0.1) is 0 Å². The second-order valence-electron chi connectivity index (χ2n) is 7.17. The van der Waals surface area contributed by atoms with E-state index in [4.69, 9.17) is 9.47 Å². The lowest BCUT2D eigenvalue weighted by Crippen LogP contribution is -2.43. The fourth-order valence-corrected chi connectivity index (χ4v) is 3.90. The largest absolute Gasteiger partial charge is 0.442 e. The molecule has 3 saturated heterocycles. The van der Waals surface area contributed by atoms with Gasteiger partial charge in [-0.25, -0.2) is 13.6 Å². The van der Waals surface area contributed by atoms with Crippen molar-refractivity contribution < 1.29 is 27.8 Å². The lowest BCUT2D eigenvalue weighted by atomic mass is 10.2. The number of amides is 2. The number of carbonyl (C=O) groups is 2. The summed E-state index contributed by atoms with van der Waals surface area (Å²) in [5, 5.41) is 2.56. The van der Waals surface area contributed by atoms with Crippen molar-refractivity contribution in [2.24, 2.45) is 0 Å². The fourth-order valence-electron chi connectivity index (χ4n) is 3.90. The maximum atomic E-state index is 14.7. The van der Waals surface area contributed by atoms with Crippen molar-refractivity contribution >= 4 is 23.4 Å². The van der Waals surface area contributed by atoms with Crippen LogP contribution in [0.2, 0.25) is 0 Å². The standard InChI is InChI=1S/C18H21F2N3O4/c1-10(24)21-6-14-9-23(18(25)27-14)11-4-15(19)17(16(20)5-11)22-7-12-2-3-13(8-22)26-12/h4-5,12-14H,2-3,6-9H2,1H3,(H,21,24)/t12?,13?,14-/m0/s1. The number of morpholine rings is 1. The normalized spacial score (nSPS) is 27.1. The van der Waals surface area contributed by atoms with Gasteiger partial charge in [0.1, 0.15) is 11.8 Å². The Morgan fingerprint density at radius 1 is 1.19 bits per heavy atom. The molecule has 0 aliphatic carbocycles. The van der Waals surface area contributed by atoms with Crippen LogP contribution in [0.3, 0.4) is 0 Å². The third-order valence-electron chi connectivity index (χ3n) is 5.13. The van der Waals surface area contributed by atoms with Crippen LogP contribution in [-0.4, -0.2) is 56.5 Å². The number of carbonyl (C=O) groups excluding carboxylic acids is 2. The molecule has 0 aromatic heterocycles. The minimum absolute atomic E-state index is 0.00493. The summed E-state index contributed by atoms with van der Waals surface area (Å²) in [5.41, 5.74) is 0.0154. The highest BCUT2D eigenvalue weighted by atomic mass is 19.1. The number of ether oxygens (including phenoxy) is 2. The Balaban J connectivity index is 1.52. The molecule has 9 heteroatoms. The average molecular weight is 381 g/mol. The summed E-state index contributed by atoms with van der Waals surface area (Å²) in [7, 11) is 0. The van der Waals surface area contributed by atoms with E-state index in [1.54, 1.807) is 4.90 Å². The number of nitrogens with zero attached hydrogens (tertiary/aromatic N) is 2. The Morgan fingerprint density at radius 2 is 1.81 bits per heavy atom. The topological polar surface area (TPSA) is 71.1 Å². The van der Waals surface area contributed by atoms with Crippen LogP contribution in [0.15, 0.2) is 12.1 Å². The van der Waals surface area contributed by atoms with Crippen LogP contribution in [0.25, 0.3) is 0 Å². The molecular weight excluding hydrogens is 360 g/mol. The lowest BCUT2D eigenvalue weighted by Gasteiger charge is -2.34. The molecule has 3 fully saturated rings. The first-order valence-corrected chi connectivity index (χ1v) is 9.02. The number of anilines is 2. The Labute approximate surface area is 155 Å². The van der Waals surface area contributed by atoms with E-state index >= 15 is 0 Å². The SMILES string of the molecule is CC(=O)NC[C@H]1CN(c2cc(F)c(N3CC4CCC(C3)O4)c(F)c2)C(=O)O1. The Hall–Kier alpha value is -2.42. The lowest BCUT2D eigenvalue weighted by molar-refractivity contribution is -0.119. The van der Waals surface area contributed by atoms with Gasteiger partial charge in [0.15, 0.2) is 11.6 Å². The zero-order chi connectivity index (χ0) is 19.1. The van der Waals surface area contributed by atoms with Gasteiger partial charge in [0.25, 0.3) is 0 Å². The molecule has 1 aromatic carbocycles. The quantitative estimate of drug-likeness (QED) is 0.861. The average Bonchev–Trinajstić information content (AvgIpc) is 3.14. The van der Waals surface area contributed by atoms with Crippen LogP contribution in [0.1, 0.15) is 19.8 Å². The molecule has 146 valence electrons. The summed E-state index contributed by atoms with van der Waals surface area (Å²) in [6.07, 6.45) is 0.550. The third kappa shape index (κ3) is 3.55. The molecule has 2 amide bonds. The molecular formula is C18H21F2N3O4. The van der Waals surface area contributed by atoms with E-state index in [0.29, 0.717) is 13.1 Å². The number of hydrogen-bond donors (Lipinski definition) is 1. The van der Waals surface area contributed by atoms with E-state index in [1.807, 2.05) is 0 Å². The summed E-state index contributed by atoms with van der Waals surface area (Å²) in [6.45, 7) is 2.52. The maximum absolute atomic E-state index is 14.7. The smallest absolute Gasteiger partial charge is 0.414 e. The fraction of sp³-hybridized carbons (Fsp3) is 0.556. The van der Waals surface area contributed by atoms with Crippen LogP contribution in [0, 0.1) is 11.6 Å². The summed E-state index contributed by atoms with van der Waals surface area (Å²) < 4.78 is 40.3. The van der Waals surface area contributed by atoms with Crippen molar-refractivity contribution in [2.75, 3.05) is 36.0 Å². The molecule has 4 rings (SSSR count). The minimum atomic E-state index is -0.718. The van der Waals surface area contributed by atoms with Crippen LogP contribution in [0.4, 0.5) is 25.0 Å². The van der Waals surface area contributed by atoms with E-state index in [9.17, 15) is 18.4 Å². The molecule has 2 bridgehead atoms. The first-order chi connectivity index (χ1) is 12.9. The van der Waals surface area contributed by atoms with Crippen molar-refractivity contribution in [1.29, 1.82) is 0 Å². The van der Waals surface area contributed by atoms with Gasteiger partial charge in [-0.1, -0.05) is 0 Å². The predicted octanol–water partition coefficient (Wildman–Crippen LogP) is 1.79. The molecule has 7 nitrogen and oxygen atoms in total. The Bertz CT molecular complexity index is 740. The number of fused-ring (bicyclic) bond motifs is 2. The van der Waals surface area contributed by atoms with Gasteiger partial charge in [0.05, 0.1) is 31.0 Å². The molecule has 0 spiro atoms. The second kappa shape index (κ2) is 6.95. The number of nitrogens with one attached hydrogen (secondary N) is 1. The molecule has 3 heterocycles. The van der Waals surface area contributed by atoms with Gasteiger partial charge in [-0.05, 0) is 12.8 Å². The molecule has 1 N–H and O–H groups in total. The van der Waals surface area contributed by atoms with E-state index in [0.717, 1.165) is 25.0 Å². The van der Waals surface area contributed by atoms with Crippen LogP contribution in [0.5, 0.6) is 0 Å². The van der Waals surface area contributed by atoms with Crippen molar-refractivity contribution in [3.8, 4) is 0 Å². The predicted molar refractivity (Wildman–Crippen MR) is 92.8 cm³/mol. The molecule has 0 radical (unpaired) electrons.